The second-order valence-corrected chi connectivity index (χ2v) is 5.90. The maximum Gasteiger partial charge on any atom is 0.110 e. The van der Waals surface area contributed by atoms with Gasteiger partial charge in [-0.3, -0.25) is 0 Å². The number of nitriles is 1. The van der Waals surface area contributed by atoms with Crippen LogP contribution in [0.4, 0.5) is 0 Å². The summed E-state index contributed by atoms with van der Waals surface area (Å²) in [5, 5.41) is 21.8. The Morgan fingerprint density at radius 1 is 1.35 bits per heavy atom. The molecule has 2 N–H and O–H groups in total. The molecule has 17 heavy (non-hydrogen) atoms. The molecule has 1 aromatic rings. The SMILES string of the molecule is N#Cc1ccc(CNC2(CO)CCCCC2)s1. The number of aliphatic hydroxyl groups excluding tert-OH is 1. The van der Waals surface area contributed by atoms with E-state index in [1.165, 1.54) is 35.5 Å². The Bertz CT molecular complexity index is 402. The van der Waals surface area contributed by atoms with Crippen molar-refractivity contribution in [3.05, 3.63) is 21.9 Å². The summed E-state index contributed by atoms with van der Waals surface area (Å²) in [6, 6.07) is 6.00. The van der Waals surface area contributed by atoms with E-state index in [-0.39, 0.29) is 12.1 Å². The fraction of sp³-hybridized carbons (Fsp3) is 0.615. The number of hydrogen-bond donors (Lipinski definition) is 2. The van der Waals surface area contributed by atoms with Gasteiger partial charge in [0.2, 0.25) is 0 Å². The van der Waals surface area contributed by atoms with E-state index >= 15 is 0 Å². The van der Waals surface area contributed by atoms with E-state index in [0.717, 1.165) is 24.3 Å². The highest BCUT2D eigenvalue weighted by Gasteiger charge is 2.30. The molecule has 92 valence electrons. The van der Waals surface area contributed by atoms with Crippen LogP contribution in [0.15, 0.2) is 12.1 Å². The predicted molar refractivity (Wildman–Crippen MR) is 68.8 cm³/mol. The highest BCUT2D eigenvalue weighted by atomic mass is 32.1. The predicted octanol–water partition coefficient (Wildman–Crippen LogP) is 2.40. The van der Waals surface area contributed by atoms with Gasteiger partial charge in [0.05, 0.1) is 6.61 Å². The highest BCUT2D eigenvalue weighted by molar-refractivity contribution is 7.12. The molecule has 1 saturated carbocycles. The maximum atomic E-state index is 9.56. The lowest BCUT2D eigenvalue weighted by molar-refractivity contribution is 0.120. The van der Waals surface area contributed by atoms with Crippen molar-refractivity contribution in [2.75, 3.05) is 6.61 Å². The normalized spacial score (nSPS) is 18.8. The molecule has 3 nitrogen and oxygen atoms in total. The molecule has 0 bridgehead atoms. The molecule has 0 aromatic carbocycles. The van der Waals surface area contributed by atoms with E-state index in [1.54, 1.807) is 0 Å². The largest absolute Gasteiger partial charge is 0.394 e. The molecular weight excluding hydrogens is 232 g/mol. The van der Waals surface area contributed by atoms with Gasteiger partial charge in [0, 0.05) is 17.0 Å². The molecule has 0 aliphatic heterocycles. The van der Waals surface area contributed by atoms with Gasteiger partial charge in [0.15, 0.2) is 0 Å². The summed E-state index contributed by atoms with van der Waals surface area (Å²) in [6.45, 7) is 0.969. The van der Waals surface area contributed by atoms with Gasteiger partial charge < -0.3 is 10.4 Å². The fourth-order valence-corrected chi connectivity index (χ4v) is 3.17. The van der Waals surface area contributed by atoms with Gasteiger partial charge in [-0.25, -0.2) is 0 Å². The summed E-state index contributed by atoms with van der Waals surface area (Å²) in [6.07, 6.45) is 5.78. The van der Waals surface area contributed by atoms with Gasteiger partial charge in [0.1, 0.15) is 10.9 Å². The summed E-state index contributed by atoms with van der Waals surface area (Å²) >= 11 is 1.53. The molecule has 1 heterocycles. The van der Waals surface area contributed by atoms with Crippen LogP contribution < -0.4 is 5.32 Å². The Labute approximate surface area is 106 Å². The zero-order valence-electron chi connectivity index (χ0n) is 9.91. The Hall–Kier alpha value is -0.890. The van der Waals surface area contributed by atoms with Crippen LogP contribution in [0, 0.1) is 11.3 Å². The second kappa shape index (κ2) is 5.63. The molecule has 4 heteroatoms. The van der Waals surface area contributed by atoms with Crippen LogP contribution >= 0.6 is 11.3 Å². The Kier molecular flexibility index (Phi) is 4.16. The van der Waals surface area contributed by atoms with Gasteiger partial charge in [-0.2, -0.15) is 5.26 Å². The van der Waals surface area contributed by atoms with Crippen molar-refractivity contribution in [1.82, 2.24) is 5.32 Å². The third-order valence-electron chi connectivity index (χ3n) is 3.52. The van der Waals surface area contributed by atoms with Crippen LogP contribution in [0.5, 0.6) is 0 Å². The van der Waals surface area contributed by atoms with Crippen molar-refractivity contribution in [1.29, 1.82) is 5.26 Å². The van der Waals surface area contributed by atoms with Gasteiger partial charge in [-0.1, -0.05) is 19.3 Å². The minimum Gasteiger partial charge on any atom is -0.394 e. The second-order valence-electron chi connectivity index (χ2n) is 4.73. The van der Waals surface area contributed by atoms with E-state index < -0.39 is 0 Å². The monoisotopic (exact) mass is 250 g/mol. The highest BCUT2D eigenvalue weighted by Crippen LogP contribution is 2.28. The molecule has 0 unspecified atom stereocenters. The van der Waals surface area contributed by atoms with Crippen molar-refractivity contribution in [3.8, 4) is 6.07 Å². The number of nitrogens with zero attached hydrogens (tertiary/aromatic N) is 1. The van der Waals surface area contributed by atoms with Gasteiger partial charge in [-0.15, -0.1) is 11.3 Å². The van der Waals surface area contributed by atoms with E-state index in [2.05, 4.69) is 11.4 Å². The van der Waals surface area contributed by atoms with Gasteiger partial charge >= 0.3 is 0 Å². The smallest absolute Gasteiger partial charge is 0.110 e. The first-order chi connectivity index (χ1) is 8.28. The van der Waals surface area contributed by atoms with Crippen molar-refractivity contribution in [3.63, 3.8) is 0 Å². The van der Waals surface area contributed by atoms with Crippen molar-refractivity contribution in [2.24, 2.45) is 0 Å². The fourth-order valence-electron chi connectivity index (χ4n) is 2.43. The summed E-state index contributed by atoms with van der Waals surface area (Å²) in [7, 11) is 0. The topological polar surface area (TPSA) is 56.0 Å². The maximum absolute atomic E-state index is 9.56. The lowest BCUT2D eigenvalue weighted by atomic mass is 9.82. The average molecular weight is 250 g/mol. The molecule has 0 radical (unpaired) electrons. The first kappa shape index (κ1) is 12.6. The van der Waals surface area contributed by atoms with Crippen LogP contribution in [-0.2, 0) is 6.54 Å². The molecule has 1 fully saturated rings. The molecule has 2 rings (SSSR count). The van der Waals surface area contributed by atoms with Crippen LogP contribution in [0.2, 0.25) is 0 Å². The summed E-state index contributed by atoms with van der Waals surface area (Å²) in [5.41, 5.74) is -0.0882. The number of hydrogen-bond acceptors (Lipinski definition) is 4. The minimum absolute atomic E-state index is 0.0882. The van der Waals surface area contributed by atoms with Crippen molar-refractivity contribution >= 4 is 11.3 Å². The van der Waals surface area contributed by atoms with E-state index in [4.69, 9.17) is 5.26 Å². The van der Waals surface area contributed by atoms with Gasteiger partial charge in [0.25, 0.3) is 0 Å². The molecule has 0 atom stereocenters. The summed E-state index contributed by atoms with van der Waals surface area (Å²) in [4.78, 5) is 1.92. The minimum atomic E-state index is -0.0882. The van der Waals surface area contributed by atoms with E-state index in [0.29, 0.717) is 0 Å². The number of rotatable bonds is 4. The molecule has 1 aliphatic rings. The van der Waals surface area contributed by atoms with Crippen LogP contribution in [0.1, 0.15) is 41.9 Å². The Morgan fingerprint density at radius 3 is 2.71 bits per heavy atom. The zero-order chi connectivity index (χ0) is 12.1. The molecule has 0 spiro atoms. The Morgan fingerprint density at radius 2 is 2.12 bits per heavy atom. The van der Waals surface area contributed by atoms with E-state index in [9.17, 15) is 5.11 Å². The summed E-state index contributed by atoms with van der Waals surface area (Å²) < 4.78 is 0. The quantitative estimate of drug-likeness (QED) is 0.862. The standard InChI is InChI=1S/C13H18N2OS/c14-8-11-4-5-12(17-11)9-15-13(10-16)6-2-1-3-7-13/h4-5,15-16H,1-3,6-7,9-10H2. The molecule has 1 aromatic heterocycles. The summed E-state index contributed by atoms with van der Waals surface area (Å²) in [5.74, 6) is 0. The molecular formula is C13H18N2OS. The van der Waals surface area contributed by atoms with Crippen LogP contribution in [0.25, 0.3) is 0 Å². The third-order valence-corrected chi connectivity index (χ3v) is 4.51. The van der Waals surface area contributed by atoms with Crippen molar-refractivity contribution in [2.45, 2.75) is 44.2 Å². The Balaban J connectivity index is 1.93. The average Bonchev–Trinajstić information content (AvgIpc) is 2.85. The lowest BCUT2D eigenvalue weighted by Crippen LogP contribution is -2.49. The molecule has 0 saturated heterocycles. The first-order valence-electron chi connectivity index (χ1n) is 6.13. The van der Waals surface area contributed by atoms with Gasteiger partial charge in [-0.05, 0) is 25.0 Å². The van der Waals surface area contributed by atoms with Crippen LogP contribution in [0.3, 0.4) is 0 Å². The molecule has 1 aliphatic carbocycles. The van der Waals surface area contributed by atoms with Crippen molar-refractivity contribution < 1.29 is 5.11 Å². The van der Waals surface area contributed by atoms with Crippen LogP contribution in [-0.4, -0.2) is 17.3 Å². The lowest BCUT2D eigenvalue weighted by Gasteiger charge is -2.36. The first-order valence-corrected chi connectivity index (χ1v) is 6.94. The van der Waals surface area contributed by atoms with E-state index in [1.807, 2.05) is 12.1 Å². The third kappa shape index (κ3) is 3.06. The zero-order valence-corrected chi connectivity index (χ0v) is 10.7. The molecule has 0 amide bonds. The number of aliphatic hydroxyl groups is 1. The number of nitrogens with one attached hydrogen (secondary N) is 1. The number of thiophene rings is 1.